The average molecular weight is 253 g/mol. The molecule has 2 rings (SSSR count). The van der Waals surface area contributed by atoms with Crippen LogP contribution in [0.15, 0.2) is 0 Å². The summed E-state index contributed by atoms with van der Waals surface area (Å²) >= 11 is 17.5. The lowest BCUT2D eigenvalue weighted by atomic mass is 10.4. The van der Waals surface area contributed by atoms with Crippen molar-refractivity contribution < 1.29 is 0 Å². The third-order valence-electron chi connectivity index (χ3n) is 1.32. The van der Waals surface area contributed by atoms with Crippen LogP contribution in [0.2, 0.25) is 9.36 Å². The van der Waals surface area contributed by atoms with E-state index in [4.69, 9.17) is 35.4 Å². The van der Waals surface area contributed by atoms with Crippen molar-refractivity contribution in [3.63, 3.8) is 0 Å². The molecule has 13 heavy (non-hydrogen) atoms. The maximum Gasteiger partial charge on any atom is 0.213 e. The van der Waals surface area contributed by atoms with Crippen molar-refractivity contribution in [2.45, 2.75) is 0 Å². The van der Waals surface area contributed by atoms with E-state index in [0.717, 1.165) is 11.5 Å². The van der Waals surface area contributed by atoms with Crippen LogP contribution in [-0.2, 0) is 0 Å². The highest BCUT2D eigenvalue weighted by atomic mass is 35.5. The highest BCUT2D eigenvalue weighted by Crippen LogP contribution is 2.34. The summed E-state index contributed by atoms with van der Waals surface area (Å²) in [6, 6.07) is 0. The second-order valence-corrected chi connectivity index (χ2v) is 4.27. The third-order valence-corrected chi connectivity index (χ3v) is 3.13. The van der Waals surface area contributed by atoms with Crippen LogP contribution in [0.1, 0.15) is 0 Å². The van der Waals surface area contributed by atoms with Gasteiger partial charge in [-0.1, -0.05) is 23.2 Å². The summed E-state index contributed by atoms with van der Waals surface area (Å²) in [4.78, 5) is 3.96. The van der Waals surface area contributed by atoms with Gasteiger partial charge in [-0.05, 0) is 23.8 Å². The fraction of sp³-hybridized carbons (Fsp3) is 0. The second-order valence-electron chi connectivity index (χ2n) is 2.13. The molecular formula is C5H2Cl2N4S2. The number of aromatic amines is 2. The van der Waals surface area contributed by atoms with Gasteiger partial charge in [0.1, 0.15) is 15.1 Å². The van der Waals surface area contributed by atoms with Crippen LogP contribution < -0.4 is 0 Å². The molecule has 0 spiro atoms. The highest BCUT2D eigenvalue weighted by molar-refractivity contribution is 7.71. The Morgan fingerprint density at radius 1 is 1.31 bits per heavy atom. The Labute approximate surface area is 92.1 Å². The van der Waals surface area contributed by atoms with E-state index in [-0.39, 0.29) is 0 Å². The quantitative estimate of drug-likeness (QED) is 0.768. The van der Waals surface area contributed by atoms with E-state index >= 15 is 0 Å². The van der Waals surface area contributed by atoms with Gasteiger partial charge in [0.15, 0.2) is 5.82 Å². The van der Waals surface area contributed by atoms with Crippen molar-refractivity contribution in [1.82, 2.24) is 19.6 Å². The number of halogens is 2. The van der Waals surface area contributed by atoms with Crippen LogP contribution in [0, 0.1) is 4.77 Å². The molecule has 4 nitrogen and oxygen atoms in total. The van der Waals surface area contributed by atoms with Crippen LogP contribution in [0.25, 0.3) is 11.5 Å². The second kappa shape index (κ2) is 3.38. The molecule has 2 aromatic rings. The molecule has 0 amide bonds. The molecular weight excluding hydrogens is 251 g/mol. The first-order valence-electron chi connectivity index (χ1n) is 3.14. The molecule has 0 fully saturated rings. The summed E-state index contributed by atoms with van der Waals surface area (Å²) < 4.78 is 4.82. The number of aromatic nitrogens is 4. The Kier molecular flexibility index (Phi) is 2.37. The normalized spacial score (nSPS) is 10.6. The SMILES string of the molecule is S=c1nc(-c2nsc(Cl)c2Cl)[nH][nH]1. The molecule has 0 atom stereocenters. The summed E-state index contributed by atoms with van der Waals surface area (Å²) in [6.45, 7) is 0. The summed E-state index contributed by atoms with van der Waals surface area (Å²) in [5.41, 5.74) is 0.518. The largest absolute Gasteiger partial charge is 0.280 e. The molecule has 68 valence electrons. The monoisotopic (exact) mass is 252 g/mol. The summed E-state index contributed by atoms with van der Waals surface area (Å²) in [6.07, 6.45) is 0. The van der Waals surface area contributed by atoms with Gasteiger partial charge >= 0.3 is 0 Å². The molecule has 0 saturated heterocycles. The molecule has 0 saturated carbocycles. The lowest BCUT2D eigenvalue weighted by Crippen LogP contribution is -1.80. The van der Waals surface area contributed by atoms with Gasteiger partial charge in [-0.15, -0.1) is 0 Å². The molecule has 0 aliphatic carbocycles. The molecule has 0 radical (unpaired) electrons. The van der Waals surface area contributed by atoms with Crippen LogP contribution in [0.3, 0.4) is 0 Å². The predicted octanol–water partition coefficient (Wildman–Crippen LogP) is 2.90. The Hall–Kier alpha value is -0.430. The molecule has 0 aliphatic heterocycles. The number of nitrogens with zero attached hydrogens (tertiary/aromatic N) is 2. The van der Waals surface area contributed by atoms with Gasteiger partial charge in [0.2, 0.25) is 4.77 Å². The molecule has 0 bridgehead atoms. The van der Waals surface area contributed by atoms with E-state index in [2.05, 4.69) is 19.6 Å². The predicted molar refractivity (Wildman–Crippen MR) is 54.9 cm³/mol. The molecule has 0 aliphatic rings. The molecule has 2 aromatic heterocycles. The van der Waals surface area contributed by atoms with Crippen molar-refractivity contribution in [2.24, 2.45) is 0 Å². The van der Waals surface area contributed by atoms with Gasteiger partial charge in [-0.3, -0.25) is 10.2 Å². The van der Waals surface area contributed by atoms with Gasteiger partial charge < -0.3 is 0 Å². The summed E-state index contributed by atoms with van der Waals surface area (Å²) in [7, 11) is 0. The summed E-state index contributed by atoms with van der Waals surface area (Å²) in [5.74, 6) is 0.498. The number of hydrogen-bond acceptors (Lipinski definition) is 4. The van der Waals surface area contributed by atoms with Crippen molar-refractivity contribution in [2.75, 3.05) is 0 Å². The first kappa shape index (κ1) is 9.14. The molecule has 8 heteroatoms. The average Bonchev–Trinajstić information content (AvgIpc) is 2.62. The highest BCUT2D eigenvalue weighted by Gasteiger charge is 2.13. The summed E-state index contributed by atoms with van der Waals surface area (Å²) in [5, 5.41) is 5.77. The van der Waals surface area contributed by atoms with Crippen molar-refractivity contribution in [3.05, 3.63) is 14.1 Å². The topological polar surface area (TPSA) is 57.4 Å². The number of rotatable bonds is 1. The Balaban J connectivity index is 2.58. The smallest absolute Gasteiger partial charge is 0.213 e. The number of H-pyrrole nitrogens is 2. The molecule has 0 aromatic carbocycles. The van der Waals surface area contributed by atoms with E-state index in [1.165, 1.54) is 0 Å². The zero-order valence-electron chi connectivity index (χ0n) is 5.97. The minimum atomic E-state index is 0.357. The molecule has 2 N–H and O–H groups in total. The first-order chi connectivity index (χ1) is 6.18. The fourth-order valence-electron chi connectivity index (χ4n) is 0.788. The van der Waals surface area contributed by atoms with E-state index in [0.29, 0.717) is 25.6 Å². The molecule has 2 heterocycles. The minimum absolute atomic E-state index is 0.357. The van der Waals surface area contributed by atoms with Crippen LogP contribution in [-0.4, -0.2) is 19.6 Å². The van der Waals surface area contributed by atoms with Gasteiger partial charge in [-0.25, -0.2) is 0 Å². The van der Waals surface area contributed by atoms with Crippen LogP contribution in [0.4, 0.5) is 0 Å². The zero-order valence-corrected chi connectivity index (χ0v) is 9.11. The van der Waals surface area contributed by atoms with Gasteiger partial charge in [-0.2, -0.15) is 9.36 Å². The number of nitrogens with one attached hydrogen (secondary N) is 2. The third kappa shape index (κ3) is 1.62. The van der Waals surface area contributed by atoms with Crippen molar-refractivity contribution in [3.8, 4) is 11.5 Å². The Morgan fingerprint density at radius 3 is 2.54 bits per heavy atom. The van der Waals surface area contributed by atoms with Crippen molar-refractivity contribution >= 4 is 47.0 Å². The maximum absolute atomic E-state index is 5.86. The van der Waals surface area contributed by atoms with Gasteiger partial charge in [0.25, 0.3) is 0 Å². The minimum Gasteiger partial charge on any atom is -0.280 e. The van der Waals surface area contributed by atoms with Crippen LogP contribution in [0.5, 0.6) is 0 Å². The van der Waals surface area contributed by atoms with Crippen LogP contribution >= 0.6 is 47.0 Å². The lowest BCUT2D eigenvalue weighted by molar-refractivity contribution is 1.08. The first-order valence-corrected chi connectivity index (χ1v) is 5.08. The van der Waals surface area contributed by atoms with Gasteiger partial charge in [0.05, 0.1) is 0 Å². The van der Waals surface area contributed by atoms with E-state index in [1.54, 1.807) is 0 Å². The fourth-order valence-corrected chi connectivity index (χ4v) is 1.94. The van der Waals surface area contributed by atoms with E-state index in [9.17, 15) is 0 Å². The van der Waals surface area contributed by atoms with Gasteiger partial charge in [0, 0.05) is 0 Å². The molecule has 0 unspecified atom stereocenters. The Bertz CT molecular complexity index is 485. The Morgan fingerprint density at radius 2 is 2.08 bits per heavy atom. The lowest BCUT2D eigenvalue weighted by Gasteiger charge is -1.87. The maximum atomic E-state index is 5.86. The number of hydrogen-bond donors (Lipinski definition) is 2. The van der Waals surface area contributed by atoms with E-state index < -0.39 is 0 Å². The van der Waals surface area contributed by atoms with E-state index in [1.807, 2.05) is 0 Å². The zero-order chi connectivity index (χ0) is 9.42. The van der Waals surface area contributed by atoms with Crippen molar-refractivity contribution in [1.29, 1.82) is 0 Å². The standard InChI is InChI=1S/C5H2Cl2N4S2/c6-1-2(11-13-3(1)7)4-8-5(12)10-9-4/h(H2,8,9,10,12).